The summed E-state index contributed by atoms with van der Waals surface area (Å²) >= 11 is 0. The van der Waals surface area contributed by atoms with Gasteiger partial charge >= 0.3 is 0 Å². The first-order valence-corrected chi connectivity index (χ1v) is 8.88. The molecule has 0 radical (unpaired) electrons. The van der Waals surface area contributed by atoms with E-state index in [1.807, 2.05) is 17.9 Å². The number of aromatic nitrogens is 1. The summed E-state index contributed by atoms with van der Waals surface area (Å²) in [6.45, 7) is 5.71. The van der Waals surface area contributed by atoms with Crippen LogP contribution in [-0.2, 0) is 0 Å². The molecule has 1 aromatic carbocycles. The predicted molar refractivity (Wildman–Crippen MR) is 95.0 cm³/mol. The lowest BCUT2D eigenvalue weighted by Crippen LogP contribution is -2.37. The van der Waals surface area contributed by atoms with Crippen molar-refractivity contribution in [2.45, 2.75) is 20.3 Å². The van der Waals surface area contributed by atoms with Crippen LogP contribution >= 0.6 is 0 Å². The van der Waals surface area contributed by atoms with E-state index in [4.69, 9.17) is 9.47 Å². The Morgan fingerprint density at radius 1 is 1.23 bits per heavy atom. The van der Waals surface area contributed by atoms with Crippen LogP contribution < -0.4 is 15.0 Å². The van der Waals surface area contributed by atoms with E-state index in [2.05, 4.69) is 6.92 Å². The Morgan fingerprint density at radius 2 is 2.04 bits per heavy atom. The zero-order chi connectivity index (χ0) is 18.1. The van der Waals surface area contributed by atoms with Gasteiger partial charge in [-0.05, 0) is 48.4 Å². The molecule has 0 unspecified atom stereocenters. The molecule has 6 heteroatoms. The third-order valence-corrected chi connectivity index (χ3v) is 5.97. The summed E-state index contributed by atoms with van der Waals surface area (Å²) < 4.78 is 12.2. The largest absolute Gasteiger partial charge is 0.454 e. The molecule has 2 fully saturated rings. The molecule has 1 aliphatic carbocycles. The van der Waals surface area contributed by atoms with Gasteiger partial charge in [0.15, 0.2) is 11.5 Å². The minimum atomic E-state index is -0.292. The standard InChI is InChI=1S/C20H20N2O4/c1-12-5-6-22(14-3-4-15-16(7-14)26-11-25-15)19(24)17(12)18(23)21-9-13-8-20(13,2)10-21/h3-7,13H,8-11H2,1-2H3/t13-,20+/m0/s1. The first-order valence-electron chi connectivity index (χ1n) is 8.88. The minimum absolute atomic E-state index is 0.156. The maximum absolute atomic E-state index is 13.1. The number of likely N-dealkylation sites (tertiary alicyclic amines) is 1. The molecule has 2 atom stereocenters. The second-order valence-corrected chi connectivity index (χ2v) is 7.83. The number of nitrogens with zero attached hydrogens (tertiary/aromatic N) is 2. The Balaban J connectivity index is 1.54. The summed E-state index contributed by atoms with van der Waals surface area (Å²) in [6.07, 6.45) is 2.89. The number of piperidine rings is 1. The van der Waals surface area contributed by atoms with E-state index in [9.17, 15) is 9.59 Å². The van der Waals surface area contributed by atoms with Crippen molar-refractivity contribution < 1.29 is 14.3 Å². The number of rotatable bonds is 2. The third kappa shape index (κ3) is 2.18. The van der Waals surface area contributed by atoms with Crippen LogP contribution in [0.3, 0.4) is 0 Å². The van der Waals surface area contributed by atoms with E-state index in [-0.39, 0.29) is 29.2 Å². The fourth-order valence-electron chi connectivity index (χ4n) is 4.19. The molecular formula is C20H20N2O4. The van der Waals surface area contributed by atoms with Crippen molar-refractivity contribution in [2.75, 3.05) is 19.9 Å². The maximum Gasteiger partial charge on any atom is 0.268 e. The van der Waals surface area contributed by atoms with Crippen molar-refractivity contribution in [3.63, 3.8) is 0 Å². The van der Waals surface area contributed by atoms with Gasteiger partial charge in [-0.25, -0.2) is 0 Å². The molecule has 1 amide bonds. The molecule has 3 aliphatic rings. The van der Waals surface area contributed by atoms with E-state index in [1.165, 1.54) is 11.0 Å². The summed E-state index contributed by atoms with van der Waals surface area (Å²) in [5.74, 6) is 1.70. The third-order valence-electron chi connectivity index (χ3n) is 5.97. The lowest BCUT2D eigenvalue weighted by molar-refractivity contribution is 0.0764. The Hall–Kier alpha value is -2.76. The van der Waals surface area contributed by atoms with Crippen LogP contribution in [0, 0.1) is 18.3 Å². The lowest BCUT2D eigenvalue weighted by atomic mass is 10.1. The van der Waals surface area contributed by atoms with E-state index in [1.54, 1.807) is 24.4 Å². The number of hydrogen-bond acceptors (Lipinski definition) is 4. The molecular weight excluding hydrogens is 332 g/mol. The van der Waals surface area contributed by atoms with Gasteiger partial charge in [0.25, 0.3) is 11.5 Å². The van der Waals surface area contributed by atoms with Gasteiger partial charge in [-0.3, -0.25) is 14.2 Å². The summed E-state index contributed by atoms with van der Waals surface area (Å²) in [4.78, 5) is 28.0. The Morgan fingerprint density at radius 3 is 2.81 bits per heavy atom. The number of carbonyl (C=O) groups is 1. The topological polar surface area (TPSA) is 60.8 Å². The van der Waals surface area contributed by atoms with Crippen LogP contribution in [0.4, 0.5) is 0 Å². The number of ether oxygens (including phenoxy) is 2. The van der Waals surface area contributed by atoms with Crippen molar-refractivity contribution in [2.24, 2.45) is 11.3 Å². The second kappa shape index (κ2) is 5.13. The molecule has 2 aromatic rings. The number of pyridine rings is 1. The predicted octanol–water partition coefficient (Wildman–Crippen LogP) is 2.36. The average molecular weight is 352 g/mol. The summed E-state index contributed by atoms with van der Waals surface area (Å²) in [7, 11) is 0. The van der Waals surface area contributed by atoms with Crippen molar-refractivity contribution in [3.8, 4) is 17.2 Å². The molecule has 0 N–H and O–H groups in total. The number of aryl methyl sites for hydroxylation is 1. The fourth-order valence-corrected chi connectivity index (χ4v) is 4.19. The normalized spacial score (nSPS) is 25.3. The molecule has 0 bridgehead atoms. The first kappa shape index (κ1) is 15.5. The van der Waals surface area contributed by atoms with E-state index in [0.29, 0.717) is 28.7 Å². The molecule has 6 nitrogen and oxygen atoms in total. The molecule has 5 rings (SSSR count). The smallest absolute Gasteiger partial charge is 0.268 e. The zero-order valence-electron chi connectivity index (χ0n) is 14.8. The highest BCUT2D eigenvalue weighted by Crippen LogP contribution is 2.57. The van der Waals surface area contributed by atoms with Crippen molar-refractivity contribution in [1.82, 2.24) is 9.47 Å². The quantitative estimate of drug-likeness (QED) is 0.832. The minimum Gasteiger partial charge on any atom is -0.454 e. The van der Waals surface area contributed by atoms with Crippen molar-refractivity contribution in [1.29, 1.82) is 0 Å². The number of amides is 1. The Kier molecular flexibility index (Phi) is 3.05. The zero-order valence-corrected chi connectivity index (χ0v) is 14.8. The summed E-state index contributed by atoms with van der Waals surface area (Å²) in [6, 6.07) is 7.15. The fraction of sp³-hybridized carbons (Fsp3) is 0.400. The highest BCUT2D eigenvalue weighted by Gasteiger charge is 2.57. The highest BCUT2D eigenvalue weighted by atomic mass is 16.7. The number of carbonyl (C=O) groups excluding carboxylic acids is 1. The first-order chi connectivity index (χ1) is 12.5. The Bertz CT molecular complexity index is 996. The van der Waals surface area contributed by atoms with Crippen LogP contribution in [0.5, 0.6) is 11.5 Å². The van der Waals surface area contributed by atoms with Crippen LogP contribution in [0.1, 0.15) is 29.3 Å². The molecule has 1 aromatic heterocycles. The van der Waals surface area contributed by atoms with Gasteiger partial charge in [0.2, 0.25) is 6.79 Å². The molecule has 26 heavy (non-hydrogen) atoms. The summed E-state index contributed by atoms with van der Waals surface area (Å²) in [5.41, 5.74) is 1.59. The lowest BCUT2D eigenvalue weighted by Gasteiger charge is -2.21. The van der Waals surface area contributed by atoms with Gasteiger partial charge < -0.3 is 14.4 Å². The number of hydrogen-bond donors (Lipinski definition) is 0. The van der Waals surface area contributed by atoms with Gasteiger partial charge in [0.05, 0.1) is 5.69 Å². The molecule has 3 heterocycles. The SMILES string of the molecule is Cc1ccn(-c2ccc3c(c2)OCO3)c(=O)c1C(=O)N1C[C@@H]2C[C@]2(C)C1. The van der Waals surface area contributed by atoms with E-state index in [0.717, 1.165) is 13.1 Å². The van der Waals surface area contributed by atoms with Gasteiger partial charge in [0.1, 0.15) is 5.56 Å². The maximum atomic E-state index is 13.1. The van der Waals surface area contributed by atoms with Gasteiger partial charge in [-0.1, -0.05) is 6.92 Å². The van der Waals surface area contributed by atoms with Crippen molar-refractivity contribution >= 4 is 5.91 Å². The van der Waals surface area contributed by atoms with Gasteiger partial charge in [-0.15, -0.1) is 0 Å². The monoisotopic (exact) mass is 352 g/mol. The molecule has 1 saturated heterocycles. The second-order valence-electron chi connectivity index (χ2n) is 7.83. The van der Waals surface area contributed by atoms with Crippen LogP contribution in [0.25, 0.3) is 5.69 Å². The summed E-state index contributed by atoms with van der Waals surface area (Å²) in [5, 5.41) is 0. The van der Waals surface area contributed by atoms with Crippen LogP contribution in [0.15, 0.2) is 35.3 Å². The van der Waals surface area contributed by atoms with E-state index >= 15 is 0 Å². The molecule has 2 aliphatic heterocycles. The van der Waals surface area contributed by atoms with Gasteiger partial charge in [0, 0.05) is 25.4 Å². The van der Waals surface area contributed by atoms with Crippen molar-refractivity contribution in [3.05, 3.63) is 51.9 Å². The number of fused-ring (bicyclic) bond motifs is 2. The molecule has 0 spiro atoms. The highest BCUT2D eigenvalue weighted by molar-refractivity contribution is 5.95. The van der Waals surface area contributed by atoms with E-state index < -0.39 is 0 Å². The molecule has 1 saturated carbocycles. The Labute approximate surface area is 150 Å². The number of benzene rings is 1. The average Bonchev–Trinajstić information content (AvgIpc) is 2.97. The van der Waals surface area contributed by atoms with Crippen LogP contribution in [0.2, 0.25) is 0 Å². The van der Waals surface area contributed by atoms with Crippen LogP contribution in [-0.4, -0.2) is 35.3 Å². The molecule has 134 valence electrons. The van der Waals surface area contributed by atoms with Gasteiger partial charge in [-0.2, -0.15) is 0 Å².